The van der Waals surface area contributed by atoms with Crippen molar-refractivity contribution < 1.29 is 9.90 Å². The molecule has 0 aliphatic heterocycles. The minimum Gasteiger partial charge on any atom is -0.480 e. The minimum absolute atomic E-state index is 0.500. The number of rotatable bonds is 6. The molecule has 1 N–H and O–H groups in total. The van der Waals surface area contributed by atoms with E-state index in [1.54, 1.807) is 18.0 Å². The van der Waals surface area contributed by atoms with Gasteiger partial charge in [-0.1, -0.05) is 36.4 Å². The Balaban J connectivity index is 2.72. The fraction of sp³-hybridized carbons (Fsp3) is 0.308. The first kappa shape index (κ1) is 12.5. The van der Waals surface area contributed by atoms with E-state index >= 15 is 0 Å². The van der Waals surface area contributed by atoms with Crippen molar-refractivity contribution in [2.24, 2.45) is 0 Å². The van der Waals surface area contributed by atoms with Crippen LogP contribution in [-0.4, -0.2) is 35.6 Å². The molecule has 1 aromatic carbocycles. The molecule has 0 fully saturated rings. The Morgan fingerprint density at radius 3 is 2.62 bits per heavy atom. The Labute approximate surface area is 96.0 Å². The quantitative estimate of drug-likeness (QED) is 0.742. The van der Waals surface area contributed by atoms with E-state index in [1.165, 1.54) is 0 Å². The number of likely N-dealkylation sites (N-methyl/N-ethyl adjacent to an activating group) is 1. The van der Waals surface area contributed by atoms with Gasteiger partial charge < -0.3 is 5.11 Å². The normalized spacial score (nSPS) is 12.4. The smallest absolute Gasteiger partial charge is 0.321 e. The van der Waals surface area contributed by atoms with Gasteiger partial charge in [-0.2, -0.15) is 0 Å². The highest BCUT2D eigenvalue weighted by atomic mass is 16.4. The van der Waals surface area contributed by atoms with Crippen LogP contribution >= 0.6 is 0 Å². The number of carbonyl (C=O) groups is 1. The molecule has 1 atom stereocenters. The molecule has 0 unspecified atom stereocenters. The van der Waals surface area contributed by atoms with Crippen molar-refractivity contribution in [2.75, 3.05) is 13.6 Å². The van der Waals surface area contributed by atoms with Crippen LogP contribution < -0.4 is 0 Å². The highest BCUT2D eigenvalue weighted by Gasteiger charge is 2.21. The van der Waals surface area contributed by atoms with Gasteiger partial charge >= 0.3 is 5.97 Å². The molecule has 0 aliphatic carbocycles. The fourth-order valence-electron chi connectivity index (χ4n) is 1.60. The second-order valence-electron chi connectivity index (χ2n) is 3.77. The summed E-state index contributed by atoms with van der Waals surface area (Å²) >= 11 is 0. The predicted molar refractivity (Wildman–Crippen MR) is 64.4 cm³/mol. The third-order valence-electron chi connectivity index (χ3n) is 2.51. The number of carboxylic acids is 1. The van der Waals surface area contributed by atoms with E-state index in [4.69, 9.17) is 5.11 Å². The number of aliphatic carboxylic acids is 1. The summed E-state index contributed by atoms with van der Waals surface area (Å²) in [5, 5.41) is 9.16. The van der Waals surface area contributed by atoms with Crippen LogP contribution in [0, 0.1) is 0 Å². The summed E-state index contributed by atoms with van der Waals surface area (Å²) < 4.78 is 0. The van der Waals surface area contributed by atoms with E-state index in [0.717, 1.165) is 5.56 Å². The van der Waals surface area contributed by atoms with Gasteiger partial charge in [0.1, 0.15) is 6.04 Å². The van der Waals surface area contributed by atoms with Crippen molar-refractivity contribution in [3.05, 3.63) is 48.6 Å². The van der Waals surface area contributed by atoms with Gasteiger partial charge in [0.25, 0.3) is 0 Å². The lowest BCUT2D eigenvalue weighted by Gasteiger charge is -2.23. The van der Waals surface area contributed by atoms with Gasteiger partial charge in [0.15, 0.2) is 0 Å². The van der Waals surface area contributed by atoms with Crippen molar-refractivity contribution >= 4 is 5.97 Å². The zero-order chi connectivity index (χ0) is 12.0. The highest BCUT2D eigenvalue weighted by Crippen LogP contribution is 2.08. The largest absolute Gasteiger partial charge is 0.480 e. The van der Waals surface area contributed by atoms with Crippen LogP contribution in [-0.2, 0) is 11.2 Å². The van der Waals surface area contributed by atoms with Crippen LogP contribution in [0.2, 0.25) is 0 Å². The summed E-state index contributed by atoms with van der Waals surface area (Å²) in [5.41, 5.74) is 1.03. The van der Waals surface area contributed by atoms with Gasteiger partial charge in [0, 0.05) is 6.54 Å². The van der Waals surface area contributed by atoms with E-state index in [0.29, 0.717) is 13.0 Å². The second-order valence-corrected chi connectivity index (χ2v) is 3.77. The van der Waals surface area contributed by atoms with E-state index in [1.807, 2.05) is 30.3 Å². The van der Waals surface area contributed by atoms with Crippen molar-refractivity contribution in [2.45, 2.75) is 12.5 Å². The van der Waals surface area contributed by atoms with Crippen LogP contribution in [0.1, 0.15) is 5.56 Å². The van der Waals surface area contributed by atoms with Gasteiger partial charge in [0.05, 0.1) is 0 Å². The first-order valence-electron chi connectivity index (χ1n) is 5.23. The van der Waals surface area contributed by atoms with Crippen LogP contribution in [0.3, 0.4) is 0 Å². The van der Waals surface area contributed by atoms with Crippen molar-refractivity contribution in [3.63, 3.8) is 0 Å². The van der Waals surface area contributed by atoms with E-state index in [9.17, 15) is 4.79 Å². The molecular weight excluding hydrogens is 202 g/mol. The maximum atomic E-state index is 11.1. The van der Waals surface area contributed by atoms with E-state index < -0.39 is 12.0 Å². The van der Waals surface area contributed by atoms with Crippen molar-refractivity contribution in [1.82, 2.24) is 4.90 Å². The molecule has 0 radical (unpaired) electrons. The molecule has 0 heterocycles. The molecule has 3 heteroatoms. The van der Waals surface area contributed by atoms with Gasteiger partial charge in [-0.25, -0.2) is 0 Å². The Hall–Kier alpha value is -1.61. The molecule has 0 aliphatic rings. The first-order valence-corrected chi connectivity index (χ1v) is 5.23. The number of hydrogen-bond acceptors (Lipinski definition) is 2. The molecule has 0 aromatic heterocycles. The maximum absolute atomic E-state index is 11.1. The summed E-state index contributed by atoms with van der Waals surface area (Å²) in [5.74, 6) is -0.798. The Kier molecular flexibility index (Phi) is 4.73. The zero-order valence-corrected chi connectivity index (χ0v) is 9.47. The summed E-state index contributed by atoms with van der Waals surface area (Å²) in [6.45, 7) is 4.19. The molecule has 0 saturated carbocycles. The molecule has 0 amide bonds. The summed E-state index contributed by atoms with van der Waals surface area (Å²) in [6.07, 6.45) is 2.22. The van der Waals surface area contributed by atoms with Gasteiger partial charge in [-0.15, -0.1) is 6.58 Å². The van der Waals surface area contributed by atoms with Gasteiger partial charge in [0.2, 0.25) is 0 Å². The van der Waals surface area contributed by atoms with Gasteiger partial charge in [-0.05, 0) is 19.0 Å². The molecule has 3 nitrogen and oxygen atoms in total. The van der Waals surface area contributed by atoms with Crippen LogP contribution in [0.4, 0.5) is 0 Å². The second kappa shape index (κ2) is 6.08. The molecule has 1 rings (SSSR count). The van der Waals surface area contributed by atoms with Crippen LogP contribution in [0.25, 0.3) is 0 Å². The summed E-state index contributed by atoms with van der Waals surface area (Å²) in [6, 6.07) is 9.14. The van der Waals surface area contributed by atoms with E-state index in [2.05, 4.69) is 6.58 Å². The van der Waals surface area contributed by atoms with E-state index in [-0.39, 0.29) is 0 Å². The Morgan fingerprint density at radius 2 is 2.12 bits per heavy atom. The molecule has 0 saturated heterocycles. The molecule has 16 heavy (non-hydrogen) atoms. The summed E-state index contributed by atoms with van der Waals surface area (Å²) in [7, 11) is 1.80. The molecule has 86 valence electrons. The summed E-state index contributed by atoms with van der Waals surface area (Å²) in [4.78, 5) is 12.9. The third-order valence-corrected chi connectivity index (χ3v) is 2.51. The number of nitrogens with zero attached hydrogens (tertiary/aromatic N) is 1. The Morgan fingerprint density at radius 1 is 1.50 bits per heavy atom. The van der Waals surface area contributed by atoms with Crippen LogP contribution in [0.5, 0.6) is 0 Å². The standard InChI is InChI=1S/C13H17NO2/c1-3-9-14(2)12(13(15)16)10-11-7-5-4-6-8-11/h3-8,12H,1,9-10H2,2H3,(H,15,16)/t12-/m0/s1. The number of hydrogen-bond donors (Lipinski definition) is 1. The molecule has 0 bridgehead atoms. The van der Waals surface area contributed by atoms with Crippen molar-refractivity contribution in [3.8, 4) is 0 Å². The maximum Gasteiger partial charge on any atom is 0.321 e. The lowest BCUT2D eigenvalue weighted by atomic mass is 10.1. The Bertz CT molecular complexity index is 348. The van der Waals surface area contributed by atoms with Gasteiger partial charge in [-0.3, -0.25) is 9.69 Å². The van der Waals surface area contributed by atoms with Crippen molar-refractivity contribution in [1.29, 1.82) is 0 Å². The average molecular weight is 219 g/mol. The highest BCUT2D eigenvalue weighted by molar-refractivity contribution is 5.73. The molecular formula is C13H17NO2. The first-order chi connectivity index (χ1) is 7.65. The van der Waals surface area contributed by atoms with Crippen LogP contribution in [0.15, 0.2) is 43.0 Å². The lowest BCUT2D eigenvalue weighted by molar-refractivity contribution is -0.142. The number of benzene rings is 1. The topological polar surface area (TPSA) is 40.5 Å². The number of carboxylic acid groups (broad SMARTS) is 1. The SMILES string of the molecule is C=CCN(C)[C@@H](Cc1ccccc1)C(=O)O. The molecule has 1 aromatic rings. The fourth-order valence-corrected chi connectivity index (χ4v) is 1.60. The zero-order valence-electron chi connectivity index (χ0n) is 9.47. The molecule has 0 spiro atoms. The average Bonchev–Trinajstić information content (AvgIpc) is 2.27. The predicted octanol–water partition coefficient (Wildman–Crippen LogP) is 1.80. The third kappa shape index (κ3) is 3.51. The minimum atomic E-state index is -0.798. The monoisotopic (exact) mass is 219 g/mol. The lowest BCUT2D eigenvalue weighted by Crippen LogP contribution is -2.40.